The number of nitrogens with zero attached hydrogens (tertiary/aromatic N) is 2. The van der Waals surface area contributed by atoms with Gasteiger partial charge in [0.05, 0.1) is 13.2 Å². The first kappa shape index (κ1) is 15.5. The van der Waals surface area contributed by atoms with Crippen LogP contribution in [0.1, 0.15) is 28.8 Å². The van der Waals surface area contributed by atoms with E-state index in [1.165, 1.54) is 18.4 Å². The highest BCUT2D eigenvalue weighted by Gasteiger charge is 2.27. The van der Waals surface area contributed by atoms with Crippen molar-refractivity contribution in [2.24, 2.45) is 5.73 Å². The van der Waals surface area contributed by atoms with Gasteiger partial charge < -0.3 is 10.5 Å². The van der Waals surface area contributed by atoms with E-state index in [2.05, 4.69) is 9.80 Å². The van der Waals surface area contributed by atoms with E-state index >= 15 is 0 Å². The number of ether oxygens (including phenoxy) is 1. The summed E-state index contributed by atoms with van der Waals surface area (Å²) in [5.41, 5.74) is 7.12. The van der Waals surface area contributed by atoms with Gasteiger partial charge in [-0.1, -0.05) is 12.1 Å². The van der Waals surface area contributed by atoms with Gasteiger partial charge in [-0.25, -0.2) is 0 Å². The molecule has 2 aliphatic heterocycles. The third-order valence-electron chi connectivity index (χ3n) is 4.70. The minimum absolute atomic E-state index is 0.363. The molecule has 1 unspecified atom stereocenters. The number of benzene rings is 1. The molecular weight excluding hydrogens is 278 g/mol. The maximum atomic E-state index is 11.1. The van der Waals surface area contributed by atoms with E-state index in [-0.39, 0.29) is 5.91 Å². The summed E-state index contributed by atoms with van der Waals surface area (Å²) >= 11 is 0. The Balaban J connectivity index is 1.57. The molecule has 2 N–H and O–H groups in total. The van der Waals surface area contributed by atoms with E-state index in [1.807, 2.05) is 24.3 Å². The Kier molecular flexibility index (Phi) is 5.08. The molecule has 1 atom stereocenters. The van der Waals surface area contributed by atoms with Crippen LogP contribution in [0.2, 0.25) is 0 Å². The van der Waals surface area contributed by atoms with Crippen molar-refractivity contribution in [3.8, 4) is 0 Å². The third-order valence-corrected chi connectivity index (χ3v) is 4.70. The first-order valence-corrected chi connectivity index (χ1v) is 8.15. The molecule has 2 saturated heterocycles. The number of nitrogens with two attached hydrogens (primary N) is 1. The molecule has 5 heteroatoms. The van der Waals surface area contributed by atoms with Crippen molar-refractivity contribution in [1.82, 2.24) is 9.80 Å². The molecule has 22 heavy (non-hydrogen) atoms. The molecule has 5 nitrogen and oxygen atoms in total. The number of hydrogen-bond acceptors (Lipinski definition) is 4. The fourth-order valence-electron chi connectivity index (χ4n) is 3.40. The smallest absolute Gasteiger partial charge is 0.248 e. The number of carbonyl (C=O) groups is 1. The van der Waals surface area contributed by atoms with Gasteiger partial charge in [-0.2, -0.15) is 0 Å². The van der Waals surface area contributed by atoms with E-state index in [4.69, 9.17) is 10.5 Å². The number of hydrogen-bond donors (Lipinski definition) is 1. The molecule has 2 heterocycles. The Morgan fingerprint density at radius 3 is 2.59 bits per heavy atom. The molecule has 1 aromatic carbocycles. The van der Waals surface area contributed by atoms with Gasteiger partial charge in [0.1, 0.15) is 0 Å². The molecule has 1 aromatic rings. The lowest BCUT2D eigenvalue weighted by Gasteiger charge is -2.33. The van der Waals surface area contributed by atoms with Crippen LogP contribution in [0.3, 0.4) is 0 Å². The van der Waals surface area contributed by atoms with Crippen molar-refractivity contribution in [3.05, 3.63) is 35.4 Å². The zero-order valence-electron chi connectivity index (χ0n) is 13.0. The molecule has 2 aliphatic rings. The Hall–Kier alpha value is -1.43. The van der Waals surface area contributed by atoms with Gasteiger partial charge in [-0.3, -0.25) is 14.6 Å². The van der Waals surface area contributed by atoms with Crippen molar-refractivity contribution >= 4 is 5.91 Å². The fraction of sp³-hybridized carbons (Fsp3) is 0.588. The van der Waals surface area contributed by atoms with Crippen molar-refractivity contribution < 1.29 is 9.53 Å². The second-order valence-corrected chi connectivity index (χ2v) is 6.24. The number of amides is 1. The first-order valence-electron chi connectivity index (χ1n) is 8.15. The van der Waals surface area contributed by atoms with Crippen LogP contribution in [0.25, 0.3) is 0 Å². The zero-order valence-corrected chi connectivity index (χ0v) is 13.0. The van der Waals surface area contributed by atoms with Gasteiger partial charge >= 0.3 is 0 Å². The number of primary amides is 1. The number of rotatable bonds is 5. The van der Waals surface area contributed by atoms with E-state index < -0.39 is 0 Å². The second-order valence-electron chi connectivity index (χ2n) is 6.24. The number of morpholine rings is 1. The van der Waals surface area contributed by atoms with Crippen molar-refractivity contribution in [2.45, 2.75) is 25.4 Å². The van der Waals surface area contributed by atoms with Crippen LogP contribution >= 0.6 is 0 Å². The molecule has 120 valence electrons. The average Bonchev–Trinajstić information content (AvgIpc) is 2.96. The lowest BCUT2D eigenvalue weighted by molar-refractivity contribution is 0.0262. The Labute approximate surface area is 132 Å². The highest BCUT2D eigenvalue weighted by molar-refractivity contribution is 5.92. The minimum Gasteiger partial charge on any atom is -0.379 e. The summed E-state index contributed by atoms with van der Waals surface area (Å²) in [4.78, 5) is 16.2. The predicted molar refractivity (Wildman–Crippen MR) is 85.7 cm³/mol. The average molecular weight is 303 g/mol. The quantitative estimate of drug-likeness (QED) is 0.884. The summed E-state index contributed by atoms with van der Waals surface area (Å²) in [5, 5.41) is 0. The van der Waals surface area contributed by atoms with Crippen molar-refractivity contribution in [1.29, 1.82) is 0 Å². The SMILES string of the molecule is NC(=O)c1ccc(CN2CCCC2CN2CCOCC2)cc1. The highest BCUT2D eigenvalue weighted by atomic mass is 16.5. The largest absolute Gasteiger partial charge is 0.379 e. The van der Waals surface area contributed by atoms with Crippen LogP contribution < -0.4 is 5.73 Å². The summed E-state index contributed by atoms with van der Waals surface area (Å²) < 4.78 is 5.42. The van der Waals surface area contributed by atoms with Gasteiger partial charge in [0.25, 0.3) is 0 Å². The van der Waals surface area contributed by atoms with Crippen LogP contribution in [0.5, 0.6) is 0 Å². The lowest BCUT2D eigenvalue weighted by Crippen LogP contribution is -2.44. The van der Waals surface area contributed by atoms with Crippen LogP contribution in [0, 0.1) is 0 Å². The maximum absolute atomic E-state index is 11.1. The summed E-state index contributed by atoms with van der Waals surface area (Å²) in [6, 6.07) is 8.32. The molecule has 0 bridgehead atoms. The Bertz CT molecular complexity index is 497. The van der Waals surface area contributed by atoms with Gasteiger partial charge in [-0.15, -0.1) is 0 Å². The van der Waals surface area contributed by atoms with Gasteiger partial charge in [0, 0.05) is 37.8 Å². The minimum atomic E-state index is -0.363. The number of likely N-dealkylation sites (tertiary alicyclic amines) is 1. The molecule has 0 saturated carbocycles. The van der Waals surface area contributed by atoms with E-state index in [1.54, 1.807) is 0 Å². The molecule has 0 spiro atoms. The summed E-state index contributed by atoms with van der Waals surface area (Å²) in [6.45, 7) is 7.08. The Morgan fingerprint density at radius 1 is 1.18 bits per heavy atom. The monoisotopic (exact) mass is 303 g/mol. The van der Waals surface area contributed by atoms with Crippen LogP contribution in [-0.4, -0.2) is 61.1 Å². The van der Waals surface area contributed by atoms with Crippen molar-refractivity contribution in [3.63, 3.8) is 0 Å². The van der Waals surface area contributed by atoms with E-state index in [0.717, 1.165) is 45.9 Å². The second kappa shape index (κ2) is 7.22. The molecule has 2 fully saturated rings. The van der Waals surface area contributed by atoms with Gasteiger partial charge in [0.15, 0.2) is 0 Å². The molecular formula is C17H25N3O2. The maximum Gasteiger partial charge on any atom is 0.248 e. The highest BCUT2D eigenvalue weighted by Crippen LogP contribution is 2.21. The van der Waals surface area contributed by atoms with Gasteiger partial charge in [-0.05, 0) is 37.1 Å². The van der Waals surface area contributed by atoms with Crippen LogP contribution in [-0.2, 0) is 11.3 Å². The lowest BCUT2D eigenvalue weighted by atomic mass is 10.1. The first-order chi connectivity index (χ1) is 10.7. The van der Waals surface area contributed by atoms with E-state index in [9.17, 15) is 4.79 Å². The molecule has 3 rings (SSSR count). The Morgan fingerprint density at radius 2 is 1.91 bits per heavy atom. The summed E-state index contributed by atoms with van der Waals surface area (Å²) in [5.74, 6) is -0.363. The van der Waals surface area contributed by atoms with Crippen LogP contribution in [0.4, 0.5) is 0 Å². The standard InChI is InChI=1S/C17H25N3O2/c18-17(21)15-5-3-14(4-6-15)12-20-7-1-2-16(20)13-19-8-10-22-11-9-19/h3-6,16H,1-2,7-13H2,(H2,18,21). The normalized spacial score (nSPS) is 23.7. The van der Waals surface area contributed by atoms with Crippen LogP contribution in [0.15, 0.2) is 24.3 Å². The molecule has 0 aromatic heterocycles. The molecule has 0 aliphatic carbocycles. The third kappa shape index (κ3) is 3.85. The topological polar surface area (TPSA) is 58.8 Å². The molecule has 1 amide bonds. The zero-order chi connectivity index (χ0) is 15.4. The summed E-state index contributed by atoms with van der Waals surface area (Å²) in [7, 11) is 0. The fourth-order valence-corrected chi connectivity index (χ4v) is 3.40. The number of carbonyl (C=O) groups excluding carboxylic acids is 1. The summed E-state index contributed by atoms with van der Waals surface area (Å²) in [6.07, 6.45) is 2.55. The molecule has 0 radical (unpaired) electrons. The predicted octanol–water partition coefficient (Wildman–Crippen LogP) is 1.08. The van der Waals surface area contributed by atoms with Gasteiger partial charge in [0.2, 0.25) is 5.91 Å². The van der Waals surface area contributed by atoms with E-state index in [0.29, 0.717) is 11.6 Å². The van der Waals surface area contributed by atoms with Crippen molar-refractivity contribution in [2.75, 3.05) is 39.4 Å².